The van der Waals surface area contributed by atoms with E-state index in [1.807, 2.05) is 5.43 Å². The molecule has 0 unspecified atom stereocenters. The highest BCUT2D eigenvalue weighted by Gasteiger charge is 2.37. The van der Waals surface area contributed by atoms with E-state index in [1.165, 1.54) is 25.4 Å². The van der Waals surface area contributed by atoms with Gasteiger partial charge in [0.25, 0.3) is 0 Å². The Morgan fingerprint density at radius 2 is 2.08 bits per heavy atom. The number of hydrazine groups is 1. The lowest BCUT2D eigenvalue weighted by Crippen LogP contribution is -2.46. The number of nitrogens with zero attached hydrogens (tertiary/aromatic N) is 2. The van der Waals surface area contributed by atoms with Gasteiger partial charge in [-0.2, -0.15) is 5.01 Å². The molecule has 1 rings (SSSR count). The van der Waals surface area contributed by atoms with Gasteiger partial charge in [-0.1, -0.05) is 6.07 Å². The van der Waals surface area contributed by atoms with Gasteiger partial charge in [0.05, 0.1) is 0 Å². The summed E-state index contributed by atoms with van der Waals surface area (Å²) in [4.78, 5) is 3.56. The minimum Gasteiger partial charge on any atom is -0.238 e. The summed E-state index contributed by atoms with van der Waals surface area (Å²) in [7, 11) is 1.18. The first-order valence-electron chi connectivity index (χ1n) is 3.51. The second kappa shape index (κ2) is 3.61. The summed E-state index contributed by atoms with van der Waals surface area (Å²) in [6.07, 6.45) is -3.17. The molecule has 0 aliphatic heterocycles. The van der Waals surface area contributed by atoms with E-state index in [4.69, 9.17) is 0 Å². The van der Waals surface area contributed by atoms with Gasteiger partial charge in [-0.05, 0) is 12.1 Å². The van der Waals surface area contributed by atoms with Gasteiger partial charge in [-0.15, -0.1) is 13.2 Å². The van der Waals surface area contributed by atoms with Crippen LogP contribution in [-0.2, 0) is 0 Å². The van der Waals surface area contributed by atoms with Crippen molar-refractivity contribution in [2.24, 2.45) is 0 Å². The second-order valence-corrected chi connectivity index (χ2v) is 2.21. The van der Waals surface area contributed by atoms with Crippen LogP contribution in [0.3, 0.4) is 0 Å². The van der Waals surface area contributed by atoms with Crippen LogP contribution < -0.4 is 10.4 Å². The molecule has 13 heavy (non-hydrogen) atoms. The van der Waals surface area contributed by atoms with Gasteiger partial charge in [0.2, 0.25) is 0 Å². The maximum atomic E-state index is 12.2. The van der Waals surface area contributed by atoms with E-state index in [0.29, 0.717) is 0 Å². The molecule has 0 saturated heterocycles. The highest BCUT2D eigenvalue weighted by Crippen LogP contribution is 2.23. The van der Waals surface area contributed by atoms with Crippen molar-refractivity contribution < 1.29 is 13.2 Å². The number of nitrogens with one attached hydrogen (secondary N) is 1. The van der Waals surface area contributed by atoms with Gasteiger partial charge in [-0.3, -0.25) is 0 Å². The third kappa shape index (κ3) is 2.32. The smallest absolute Gasteiger partial charge is 0.238 e. The van der Waals surface area contributed by atoms with Crippen molar-refractivity contribution in [2.45, 2.75) is 6.30 Å². The van der Waals surface area contributed by atoms with Crippen LogP contribution in [0.1, 0.15) is 0 Å². The lowest BCUT2D eigenvalue weighted by molar-refractivity contribution is -0.136. The summed E-state index contributed by atoms with van der Waals surface area (Å²) in [5.41, 5.74) is 2.00. The Hall–Kier alpha value is -1.30. The molecule has 0 aliphatic carbocycles. The Bertz CT molecular complexity index is 259. The van der Waals surface area contributed by atoms with Crippen LogP contribution in [0.5, 0.6) is 0 Å². The van der Waals surface area contributed by atoms with Crippen molar-refractivity contribution in [3.05, 3.63) is 24.4 Å². The molecule has 1 aromatic rings. The minimum atomic E-state index is -4.47. The summed E-state index contributed by atoms with van der Waals surface area (Å²) in [6.45, 7) is 0. The predicted octanol–water partition coefficient (Wildman–Crippen LogP) is 1.54. The van der Waals surface area contributed by atoms with E-state index < -0.39 is 6.30 Å². The fourth-order valence-corrected chi connectivity index (χ4v) is 0.857. The zero-order valence-electron chi connectivity index (χ0n) is 6.84. The molecule has 0 aromatic carbocycles. The quantitative estimate of drug-likeness (QED) is 0.567. The first-order valence-corrected chi connectivity index (χ1v) is 3.51. The van der Waals surface area contributed by atoms with E-state index >= 15 is 0 Å². The molecule has 0 radical (unpaired) electrons. The molecule has 0 spiro atoms. The standard InChI is InChI=1S/C7H8F3N3/c1-11-13(7(8,9)10)6-4-2-3-5-12-6/h2-5,11H,1H3. The number of aromatic nitrogens is 1. The number of hydrogen-bond donors (Lipinski definition) is 1. The zero-order valence-corrected chi connectivity index (χ0v) is 6.84. The lowest BCUT2D eigenvalue weighted by atomic mass is 10.4. The number of anilines is 1. The molecule has 1 N–H and O–H groups in total. The van der Waals surface area contributed by atoms with Crippen molar-refractivity contribution in [3.8, 4) is 0 Å². The van der Waals surface area contributed by atoms with Crippen molar-refractivity contribution in [2.75, 3.05) is 12.1 Å². The van der Waals surface area contributed by atoms with Gasteiger partial charge in [0.1, 0.15) is 0 Å². The molecule has 1 heterocycles. The van der Waals surface area contributed by atoms with Gasteiger partial charge < -0.3 is 0 Å². The average Bonchev–Trinajstić information content (AvgIpc) is 2.05. The van der Waals surface area contributed by atoms with Gasteiger partial charge in [-0.25, -0.2) is 10.4 Å². The number of hydrogen-bond acceptors (Lipinski definition) is 3. The number of pyridine rings is 1. The highest BCUT2D eigenvalue weighted by molar-refractivity contribution is 5.36. The Morgan fingerprint density at radius 3 is 2.46 bits per heavy atom. The fraction of sp³-hybridized carbons (Fsp3) is 0.286. The molecule has 0 bridgehead atoms. The molecule has 1 aromatic heterocycles. The zero-order chi connectivity index (χ0) is 9.90. The Kier molecular flexibility index (Phi) is 2.72. The Labute approximate surface area is 73.2 Å². The third-order valence-electron chi connectivity index (χ3n) is 1.36. The molecule has 0 aliphatic rings. The van der Waals surface area contributed by atoms with Crippen LogP contribution in [0, 0.1) is 0 Å². The normalized spacial score (nSPS) is 11.4. The van der Waals surface area contributed by atoms with Crippen molar-refractivity contribution in [1.82, 2.24) is 10.4 Å². The van der Waals surface area contributed by atoms with Crippen LogP contribution in [0.2, 0.25) is 0 Å². The van der Waals surface area contributed by atoms with Crippen LogP contribution in [0.25, 0.3) is 0 Å². The minimum absolute atomic E-state index is 0.0347. The highest BCUT2D eigenvalue weighted by atomic mass is 19.4. The first kappa shape index (κ1) is 9.79. The Balaban J connectivity index is 2.92. The van der Waals surface area contributed by atoms with Gasteiger partial charge >= 0.3 is 6.30 Å². The number of halogens is 3. The molecular weight excluding hydrogens is 183 g/mol. The molecule has 72 valence electrons. The van der Waals surface area contributed by atoms with Crippen LogP contribution >= 0.6 is 0 Å². The molecule has 0 saturated carbocycles. The monoisotopic (exact) mass is 191 g/mol. The summed E-state index contributed by atoms with van der Waals surface area (Å²) in [5.74, 6) is -0.183. The lowest BCUT2D eigenvalue weighted by Gasteiger charge is -2.23. The largest absolute Gasteiger partial charge is 0.500 e. The Morgan fingerprint density at radius 1 is 1.38 bits per heavy atom. The predicted molar refractivity (Wildman–Crippen MR) is 41.8 cm³/mol. The fourth-order valence-electron chi connectivity index (χ4n) is 0.857. The van der Waals surface area contributed by atoms with Crippen molar-refractivity contribution in [3.63, 3.8) is 0 Å². The summed E-state index contributed by atoms with van der Waals surface area (Å²) in [5, 5.41) is 0.0347. The molecule has 3 nitrogen and oxygen atoms in total. The maximum absolute atomic E-state index is 12.2. The van der Waals surface area contributed by atoms with Crippen molar-refractivity contribution >= 4 is 5.82 Å². The van der Waals surface area contributed by atoms with Crippen LogP contribution in [-0.4, -0.2) is 18.3 Å². The third-order valence-corrected chi connectivity index (χ3v) is 1.36. The van der Waals surface area contributed by atoms with E-state index in [2.05, 4.69) is 4.98 Å². The van der Waals surface area contributed by atoms with Crippen LogP contribution in [0.15, 0.2) is 24.4 Å². The number of rotatable bonds is 2. The molecule has 0 amide bonds. The SMILES string of the molecule is CNN(c1ccccn1)C(F)(F)F. The number of alkyl halides is 3. The summed E-state index contributed by atoms with van der Waals surface area (Å²) >= 11 is 0. The van der Waals surface area contributed by atoms with Gasteiger partial charge in [0.15, 0.2) is 5.82 Å². The van der Waals surface area contributed by atoms with Crippen LogP contribution in [0.4, 0.5) is 19.0 Å². The summed E-state index contributed by atoms with van der Waals surface area (Å²) in [6, 6.07) is 4.30. The average molecular weight is 191 g/mol. The van der Waals surface area contributed by atoms with E-state index in [0.717, 1.165) is 0 Å². The molecule has 0 fully saturated rings. The molecule has 6 heteroatoms. The van der Waals surface area contributed by atoms with E-state index in [9.17, 15) is 13.2 Å². The molecular formula is C7H8F3N3. The summed E-state index contributed by atoms with van der Waals surface area (Å²) < 4.78 is 36.7. The van der Waals surface area contributed by atoms with Gasteiger partial charge in [0, 0.05) is 13.2 Å². The van der Waals surface area contributed by atoms with E-state index in [1.54, 1.807) is 6.07 Å². The topological polar surface area (TPSA) is 28.2 Å². The maximum Gasteiger partial charge on any atom is 0.500 e. The second-order valence-electron chi connectivity index (χ2n) is 2.21. The first-order chi connectivity index (χ1) is 6.05. The molecule has 0 atom stereocenters. The van der Waals surface area contributed by atoms with E-state index in [-0.39, 0.29) is 10.8 Å². The van der Waals surface area contributed by atoms with Crippen molar-refractivity contribution in [1.29, 1.82) is 0 Å².